The number of hydrogen-bond donors (Lipinski definition) is 0. The lowest BCUT2D eigenvalue weighted by Crippen LogP contribution is -2.04. The van der Waals surface area contributed by atoms with Gasteiger partial charge >= 0.3 is 6.61 Å². The van der Waals surface area contributed by atoms with Crippen LogP contribution in [0.1, 0.15) is 21.9 Å². The average Bonchev–Trinajstić information content (AvgIpc) is 3.01. The van der Waals surface area contributed by atoms with Gasteiger partial charge in [0.1, 0.15) is 11.5 Å². The minimum absolute atomic E-state index is 0.198. The molecule has 7 nitrogen and oxygen atoms in total. The lowest BCUT2D eigenvalue weighted by atomic mass is 10.1. The van der Waals surface area contributed by atoms with Gasteiger partial charge in [0.2, 0.25) is 11.8 Å². The second kappa shape index (κ2) is 7.90. The SMILES string of the molecule is COc1ncc(Cn2cc(C=O)nc2C)cc1-c1ccnc(OC(F)F)c1. The molecule has 0 unspecified atom stereocenters. The molecule has 0 amide bonds. The predicted octanol–water partition coefficient (Wildman–Crippen LogP) is 3.12. The van der Waals surface area contributed by atoms with Gasteiger partial charge in [-0.1, -0.05) is 0 Å². The highest BCUT2D eigenvalue weighted by Crippen LogP contribution is 2.31. The lowest BCUT2D eigenvalue weighted by molar-refractivity contribution is -0.0528. The third-order valence-electron chi connectivity index (χ3n) is 3.83. The average molecular weight is 374 g/mol. The number of rotatable bonds is 7. The van der Waals surface area contributed by atoms with Gasteiger partial charge in [0.15, 0.2) is 6.29 Å². The summed E-state index contributed by atoms with van der Waals surface area (Å²) in [6.45, 7) is -0.737. The molecule has 0 atom stereocenters. The fraction of sp³-hybridized carbons (Fsp3) is 0.222. The summed E-state index contributed by atoms with van der Waals surface area (Å²) in [4.78, 5) is 23.1. The second-order valence-corrected chi connectivity index (χ2v) is 5.62. The standard InChI is InChI=1S/C18H16F2N4O3/c1-11-23-14(10-25)9-24(11)8-12-5-15(17(26-2)22-7-12)13-3-4-21-16(6-13)27-18(19)20/h3-7,9-10,18H,8H2,1-2H3. The number of imidazole rings is 1. The molecular weight excluding hydrogens is 358 g/mol. The Kier molecular flexibility index (Phi) is 5.39. The van der Waals surface area contributed by atoms with E-state index in [2.05, 4.69) is 19.7 Å². The van der Waals surface area contributed by atoms with E-state index in [9.17, 15) is 13.6 Å². The van der Waals surface area contributed by atoms with Crippen LogP contribution in [0, 0.1) is 6.92 Å². The molecule has 0 radical (unpaired) electrons. The Bertz CT molecular complexity index is 960. The molecule has 0 saturated carbocycles. The number of aryl methyl sites for hydroxylation is 1. The van der Waals surface area contributed by atoms with Gasteiger partial charge in [-0.25, -0.2) is 15.0 Å². The van der Waals surface area contributed by atoms with Gasteiger partial charge in [-0.2, -0.15) is 8.78 Å². The number of ether oxygens (including phenoxy) is 2. The second-order valence-electron chi connectivity index (χ2n) is 5.62. The summed E-state index contributed by atoms with van der Waals surface area (Å²) in [5.74, 6) is 0.825. The van der Waals surface area contributed by atoms with Crippen LogP contribution >= 0.6 is 0 Å². The van der Waals surface area contributed by atoms with Crippen LogP contribution in [0.4, 0.5) is 8.78 Å². The van der Waals surface area contributed by atoms with Crippen molar-refractivity contribution in [3.63, 3.8) is 0 Å². The first kappa shape index (κ1) is 18.4. The van der Waals surface area contributed by atoms with E-state index < -0.39 is 6.61 Å². The highest BCUT2D eigenvalue weighted by molar-refractivity contribution is 5.71. The smallest absolute Gasteiger partial charge is 0.388 e. The normalized spacial score (nSPS) is 10.9. The van der Waals surface area contributed by atoms with Gasteiger partial charge < -0.3 is 14.0 Å². The Balaban J connectivity index is 1.96. The quantitative estimate of drug-likeness (QED) is 0.591. The van der Waals surface area contributed by atoms with Crippen molar-refractivity contribution in [1.82, 2.24) is 19.5 Å². The van der Waals surface area contributed by atoms with E-state index in [0.717, 1.165) is 5.56 Å². The van der Waals surface area contributed by atoms with Gasteiger partial charge in [0, 0.05) is 30.2 Å². The number of pyridine rings is 2. The molecule has 9 heteroatoms. The zero-order chi connectivity index (χ0) is 19.4. The van der Waals surface area contributed by atoms with Crippen LogP contribution in [0.15, 0.2) is 36.8 Å². The van der Waals surface area contributed by atoms with E-state index in [4.69, 9.17) is 4.74 Å². The molecule has 3 heterocycles. The zero-order valence-corrected chi connectivity index (χ0v) is 14.6. The van der Waals surface area contributed by atoms with Gasteiger partial charge in [-0.05, 0) is 30.2 Å². The first-order valence-corrected chi connectivity index (χ1v) is 7.93. The fourth-order valence-corrected chi connectivity index (χ4v) is 2.63. The number of carbonyl (C=O) groups excluding carboxylic acids is 1. The van der Waals surface area contributed by atoms with Crippen molar-refractivity contribution in [3.05, 3.63) is 53.9 Å². The van der Waals surface area contributed by atoms with Crippen molar-refractivity contribution >= 4 is 6.29 Å². The third kappa shape index (κ3) is 4.25. The molecule has 0 aliphatic carbocycles. The van der Waals surface area contributed by atoms with Crippen molar-refractivity contribution in [1.29, 1.82) is 0 Å². The maximum atomic E-state index is 12.4. The molecule has 0 N–H and O–H groups in total. The molecule has 27 heavy (non-hydrogen) atoms. The molecule has 3 aromatic heterocycles. The highest BCUT2D eigenvalue weighted by atomic mass is 19.3. The number of methoxy groups -OCH3 is 1. The number of hydrogen-bond acceptors (Lipinski definition) is 6. The van der Waals surface area contributed by atoms with Crippen LogP contribution in [0.5, 0.6) is 11.8 Å². The Labute approximate surface area is 153 Å². The van der Waals surface area contributed by atoms with Crippen molar-refractivity contribution < 1.29 is 23.0 Å². The number of carbonyl (C=O) groups is 1. The number of nitrogens with zero attached hydrogens (tertiary/aromatic N) is 4. The van der Waals surface area contributed by atoms with Crippen molar-refractivity contribution in [3.8, 4) is 22.9 Å². The summed E-state index contributed by atoms with van der Waals surface area (Å²) in [6, 6.07) is 4.87. The van der Waals surface area contributed by atoms with Crippen LogP contribution in [0.25, 0.3) is 11.1 Å². The third-order valence-corrected chi connectivity index (χ3v) is 3.83. The van der Waals surface area contributed by atoms with E-state index in [0.29, 0.717) is 41.4 Å². The van der Waals surface area contributed by atoms with E-state index in [1.54, 1.807) is 25.4 Å². The Morgan fingerprint density at radius 1 is 1.30 bits per heavy atom. The highest BCUT2D eigenvalue weighted by Gasteiger charge is 2.13. The molecular formula is C18H16F2N4O3. The van der Waals surface area contributed by atoms with E-state index in [1.807, 2.05) is 10.6 Å². The summed E-state index contributed by atoms with van der Waals surface area (Å²) in [7, 11) is 1.47. The number of aromatic nitrogens is 4. The van der Waals surface area contributed by atoms with Gasteiger partial charge in [-0.3, -0.25) is 4.79 Å². The zero-order valence-electron chi connectivity index (χ0n) is 14.6. The Morgan fingerprint density at radius 3 is 2.78 bits per heavy atom. The molecule has 0 spiro atoms. The molecule has 0 saturated heterocycles. The molecule has 0 fully saturated rings. The Hall–Kier alpha value is -3.36. The largest absolute Gasteiger partial charge is 0.481 e. The number of halogens is 2. The van der Waals surface area contributed by atoms with Crippen molar-refractivity contribution in [2.45, 2.75) is 20.1 Å². The van der Waals surface area contributed by atoms with E-state index in [1.165, 1.54) is 19.4 Å². The maximum absolute atomic E-state index is 12.4. The minimum atomic E-state index is -2.96. The first-order valence-electron chi connectivity index (χ1n) is 7.93. The summed E-state index contributed by atoms with van der Waals surface area (Å²) in [5.41, 5.74) is 2.33. The van der Waals surface area contributed by atoms with Gasteiger partial charge in [0.05, 0.1) is 13.7 Å². The molecule has 3 rings (SSSR count). The van der Waals surface area contributed by atoms with Crippen molar-refractivity contribution in [2.24, 2.45) is 0 Å². The van der Waals surface area contributed by atoms with Crippen LogP contribution in [0.2, 0.25) is 0 Å². The molecule has 0 aliphatic heterocycles. The maximum Gasteiger partial charge on any atom is 0.388 e. The lowest BCUT2D eigenvalue weighted by Gasteiger charge is -2.12. The molecule has 0 aliphatic rings. The van der Waals surface area contributed by atoms with Gasteiger partial charge in [0.25, 0.3) is 0 Å². The van der Waals surface area contributed by atoms with Gasteiger partial charge in [-0.15, -0.1) is 0 Å². The summed E-state index contributed by atoms with van der Waals surface area (Å²) >= 11 is 0. The van der Waals surface area contributed by atoms with E-state index in [-0.39, 0.29) is 5.88 Å². The molecule has 3 aromatic rings. The van der Waals surface area contributed by atoms with Crippen LogP contribution < -0.4 is 9.47 Å². The Morgan fingerprint density at radius 2 is 2.11 bits per heavy atom. The first-order chi connectivity index (χ1) is 13.0. The van der Waals surface area contributed by atoms with E-state index >= 15 is 0 Å². The fourth-order valence-electron chi connectivity index (χ4n) is 2.63. The van der Waals surface area contributed by atoms with Crippen LogP contribution in [-0.4, -0.2) is 39.5 Å². The van der Waals surface area contributed by atoms with Crippen molar-refractivity contribution in [2.75, 3.05) is 7.11 Å². The summed E-state index contributed by atoms with van der Waals surface area (Å²) in [5, 5.41) is 0. The summed E-state index contributed by atoms with van der Waals surface area (Å²) < 4.78 is 36.3. The molecule has 140 valence electrons. The topological polar surface area (TPSA) is 79.1 Å². The number of aldehydes is 1. The predicted molar refractivity (Wildman–Crippen MR) is 92.1 cm³/mol. The van der Waals surface area contributed by atoms with Crippen LogP contribution in [0.3, 0.4) is 0 Å². The monoisotopic (exact) mass is 374 g/mol. The van der Waals surface area contributed by atoms with Crippen LogP contribution in [-0.2, 0) is 6.54 Å². The minimum Gasteiger partial charge on any atom is -0.481 e. The summed E-state index contributed by atoms with van der Waals surface area (Å²) in [6.07, 6.45) is 5.34. The molecule has 0 bridgehead atoms. The molecule has 0 aromatic carbocycles. The number of alkyl halides is 2.